The fourth-order valence-corrected chi connectivity index (χ4v) is 4.76. The number of halogens is 1. The third kappa shape index (κ3) is 4.20. The Labute approximate surface area is 167 Å². The molecule has 2 aromatic rings. The molecule has 3 nitrogen and oxygen atoms in total. The Bertz CT molecular complexity index is 820. The van der Waals surface area contributed by atoms with Crippen molar-refractivity contribution < 1.29 is 0 Å². The summed E-state index contributed by atoms with van der Waals surface area (Å²) in [6.07, 6.45) is 5.90. The number of nitrogens with zero attached hydrogens (tertiary/aromatic N) is 2. The van der Waals surface area contributed by atoms with Gasteiger partial charge in [-0.2, -0.15) is 0 Å². The van der Waals surface area contributed by atoms with Crippen LogP contribution in [0.2, 0.25) is 5.02 Å². The van der Waals surface area contributed by atoms with Gasteiger partial charge in [-0.3, -0.25) is 4.99 Å². The number of hydrogen-bond donors (Lipinski definition) is 1. The highest BCUT2D eigenvalue weighted by Crippen LogP contribution is 2.42. The van der Waals surface area contributed by atoms with E-state index in [1.807, 2.05) is 18.2 Å². The van der Waals surface area contributed by atoms with Gasteiger partial charge in [-0.1, -0.05) is 41.9 Å². The molecule has 0 aliphatic carbocycles. The summed E-state index contributed by atoms with van der Waals surface area (Å²) in [5, 5.41) is 4.48. The summed E-state index contributed by atoms with van der Waals surface area (Å²) in [6, 6.07) is 16.7. The Balaban J connectivity index is 1.66. The second kappa shape index (κ2) is 8.04. The molecule has 0 bridgehead atoms. The number of fused-ring (bicyclic) bond motifs is 1. The number of para-hydroxylation sites is 1. The SMILES string of the molecule is CN1CCCC2(CCC1)Cc1ccccc1NC2=NCc1cccc(Cl)c1. The maximum Gasteiger partial charge on any atom is 0.108 e. The fourth-order valence-electron chi connectivity index (χ4n) is 4.54. The Morgan fingerprint density at radius 3 is 2.63 bits per heavy atom. The largest absolute Gasteiger partial charge is 0.343 e. The molecule has 1 N–H and O–H groups in total. The van der Waals surface area contributed by atoms with Crippen molar-refractivity contribution in [1.29, 1.82) is 0 Å². The van der Waals surface area contributed by atoms with Crippen molar-refractivity contribution in [3.05, 3.63) is 64.7 Å². The maximum atomic E-state index is 6.16. The molecule has 2 aromatic carbocycles. The lowest BCUT2D eigenvalue weighted by molar-refractivity contribution is 0.228. The molecule has 1 fully saturated rings. The second-order valence-corrected chi connectivity index (χ2v) is 8.48. The van der Waals surface area contributed by atoms with Crippen molar-refractivity contribution in [2.75, 3.05) is 25.5 Å². The highest BCUT2D eigenvalue weighted by atomic mass is 35.5. The minimum atomic E-state index is 0.133. The molecule has 0 unspecified atom stereocenters. The lowest BCUT2D eigenvalue weighted by Gasteiger charge is -2.42. The quantitative estimate of drug-likeness (QED) is 0.754. The summed E-state index contributed by atoms with van der Waals surface area (Å²) < 4.78 is 0. The van der Waals surface area contributed by atoms with E-state index in [4.69, 9.17) is 16.6 Å². The predicted octanol–water partition coefficient (Wildman–Crippen LogP) is 5.40. The average molecular weight is 382 g/mol. The van der Waals surface area contributed by atoms with Gasteiger partial charge in [0.15, 0.2) is 0 Å². The third-order valence-electron chi connectivity index (χ3n) is 6.00. The van der Waals surface area contributed by atoms with Gasteiger partial charge < -0.3 is 10.2 Å². The number of anilines is 1. The molecule has 2 aliphatic heterocycles. The molecule has 27 heavy (non-hydrogen) atoms. The van der Waals surface area contributed by atoms with Crippen LogP contribution in [0.15, 0.2) is 53.5 Å². The Kier molecular flexibility index (Phi) is 5.51. The lowest BCUT2D eigenvalue weighted by Crippen LogP contribution is -2.44. The van der Waals surface area contributed by atoms with E-state index in [2.05, 4.69) is 47.6 Å². The van der Waals surface area contributed by atoms with Crippen LogP contribution in [0.4, 0.5) is 5.69 Å². The third-order valence-corrected chi connectivity index (χ3v) is 6.24. The first kappa shape index (κ1) is 18.5. The fraction of sp³-hybridized carbons (Fsp3) is 0.435. The summed E-state index contributed by atoms with van der Waals surface area (Å²) in [5.74, 6) is 1.17. The standard InChI is InChI=1S/C23H28ClN3/c1-27-13-5-11-23(12-6-14-27)16-19-8-2-3-10-21(19)26-22(23)25-17-18-7-4-9-20(24)15-18/h2-4,7-10,15H,5-6,11-14,16-17H2,1H3,(H,25,26). The average Bonchev–Trinajstić information content (AvgIpc) is 2.65. The van der Waals surface area contributed by atoms with Crippen molar-refractivity contribution in [1.82, 2.24) is 4.90 Å². The van der Waals surface area contributed by atoms with Crippen molar-refractivity contribution >= 4 is 23.1 Å². The lowest BCUT2D eigenvalue weighted by atomic mass is 9.70. The van der Waals surface area contributed by atoms with Crippen LogP contribution in [-0.2, 0) is 13.0 Å². The predicted molar refractivity (Wildman–Crippen MR) is 115 cm³/mol. The summed E-state index contributed by atoms with van der Waals surface area (Å²) >= 11 is 6.16. The van der Waals surface area contributed by atoms with Crippen molar-refractivity contribution in [3.63, 3.8) is 0 Å². The molecule has 1 saturated heterocycles. The Morgan fingerprint density at radius 1 is 1.07 bits per heavy atom. The maximum absolute atomic E-state index is 6.16. The monoisotopic (exact) mass is 381 g/mol. The van der Waals surface area contributed by atoms with E-state index >= 15 is 0 Å². The van der Waals surface area contributed by atoms with Gasteiger partial charge in [-0.05, 0) is 81.6 Å². The van der Waals surface area contributed by atoms with Crippen molar-refractivity contribution in [2.45, 2.75) is 38.6 Å². The molecule has 142 valence electrons. The van der Waals surface area contributed by atoms with E-state index in [9.17, 15) is 0 Å². The van der Waals surface area contributed by atoms with Gasteiger partial charge in [-0.15, -0.1) is 0 Å². The van der Waals surface area contributed by atoms with E-state index in [-0.39, 0.29) is 5.41 Å². The molecular weight excluding hydrogens is 354 g/mol. The van der Waals surface area contributed by atoms with Crippen LogP contribution in [0.3, 0.4) is 0 Å². The normalized spacial score (nSPS) is 21.3. The van der Waals surface area contributed by atoms with Crippen LogP contribution in [0.5, 0.6) is 0 Å². The minimum absolute atomic E-state index is 0.133. The number of rotatable bonds is 2. The molecule has 0 saturated carbocycles. The van der Waals surface area contributed by atoms with Crippen LogP contribution in [0.25, 0.3) is 0 Å². The van der Waals surface area contributed by atoms with E-state index < -0.39 is 0 Å². The molecule has 0 aromatic heterocycles. The number of amidine groups is 1. The number of likely N-dealkylation sites (tertiary alicyclic amines) is 1. The van der Waals surface area contributed by atoms with Crippen molar-refractivity contribution in [3.8, 4) is 0 Å². The van der Waals surface area contributed by atoms with Crippen LogP contribution in [0.1, 0.15) is 36.8 Å². The van der Waals surface area contributed by atoms with Gasteiger partial charge in [0.1, 0.15) is 5.84 Å². The summed E-state index contributed by atoms with van der Waals surface area (Å²) in [6.45, 7) is 3.02. The Morgan fingerprint density at radius 2 is 1.85 bits per heavy atom. The number of aliphatic imine (C=N–C) groups is 1. The van der Waals surface area contributed by atoms with Crippen LogP contribution >= 0.6 is 11.6 Å². The van der Waals surface area contributed by atoms with Crippen LogP contribution in [0, 0.1) is 5.41 Å². The van der Waals surface area contributed by atoms with Crippen molar-refractivity contribution in [2.24, 2.45) is 10.4 Å². The first-order chi connectivity index (χ1) is 13.1. The molecule has 2 heterocycles. The zero-order valence-electron chi connectivity index (χ0n) is 16.0. The molecule has 1 spiro atoms. The minimum Gasteiger partial charge on any atom is -0.343 e. The second-order valence-electron chi connectivity index (χ2n) is 8.04. The number of hydrogen-bond acceptors (Lipinski definition) is 2. The number of benzene rings is 2. The van der Waals surface area contributed by atoms with Gasteiger partial charge in [0, 0.05) is 16.1 Å². The zero-order chi connectivity index (χ0) is 18.7. The number of nitrogens with one attached hydrogen (secondary N) is 1. The highest BCUT2D eigenvalue weighted by Gasteiger charge is 2.40. The van der Waals surface area contributed by atoms with Crippen LogP contribution in [-0.4, -0.2) is 30.9 Å². The van der Waals surface area contributed by atoms with E-state index in [0.29, 0.717) is 6.54 Å². The van der Waals surface area contributed by atoms with Gasteiger partial charge in [-0.25, -0.2) is 0 Å². The first-order valence-electron chi connectivity index (χ1n) is 9.97. The first-order valence-corrected chi connectivity index (χ1v) is 10.4. The molecule has 0 atom stereocenters. The molecule has 0 radical (unpaired) electrons. The van der Waals surface area contributed by atoms with Gasteiger partial charge in [0.2, 0.25) is 0 Å². The molecule has 4 rings (SSSR count). The molecule has 4 heteroatoms. The summed E-state index contributed by atoms with van der Waals surface area (Å²) in [5.41, 5.74) is 3.94. The Hall–Kier alpha value is -1.84. The molecular formula is C23H28ClN3. The van der Waals surface area contributed by atoms with Crippen LogP contribution < -0.4 is 5.32 Å². The van der Waals surface area contributed by atoms with E-state index in [0.717, 1.165) is 17.0 Å². The zero-order valence-corrected chi connectivity index (χ0v) is 16.8. The van der Waals surface area contributed by atoms with E-state index in [1.165, 1.54) is 55.9 Å². The summed E-state index contributed by atoms with van der Waals surface area (Å²) in [7, 11) is 2.24. The van der Waals surface area contributed by atoms with E-state index in [1.54, 1.807) is 0 Å². The van der Waals surface area contributed by atoms with Gasteiger partial charge in [0.05, 0.1) is 6.54 Å². The molecule has 2 aliphatic rings. The highest BCUT2D eigenvalue weighted by molar-refractivity contribution is 6.30. The molecule has 0 amide bonds. The van der Waals surface area contributed by atoms with Gasteiger partial charge >= 0.3 is 0 Å². The summed E-state index contributed by atoms with van der Waals surface area (Å²) in [4.78, 5) is 7.55. The smallest absolute Gasteiger partial charge is 0.108 e. The topological polar surface area (TPSA) is 27.6 Å². The van der Waals surface area contributed by atoms with Gasteiger partial charge in [0.25, 0.3) is 0 Å².